The number of carbonyl (C=O) groups is 1. The minimum absolute atomic E-state index is 0.260. The fourth-order valence-electron chi connectivity index (χ4n) is 3.48. The van der Waals surface area contributed by atoms with Crippen molar-refractivity contribution in [1.29, 1.82) is 0 Å². The monoisotopic (exact) mass is 278 g/mol. The fraction of sp³-hybridized carbons (Fsp3) is 0.316. The topological polar surface area (TPSA) is 26.3 Å². The number of Topliss-reactive ketones (excluding diaryl/α,β-unsaturated/α-hetero) is 1. The van der Waals surface area contributed by atoms with E-state index in [1.54, 1.807) is 0 Å². The van der Waals surface area contributed by atoms with Crippen molar-refractivity contribution in [3.63, 3.8) is 0 Å². The van der Waals surface area contributed by atoms with E-state index in [4.69, 9.17) is 4.74 Å². The van der Waals surface area contributed by atoms with Crippen LogP contribution in [-0.4, -0.2) is 12.4 Å². The molecule has 21 heavy (non-hydrogen) atoms. The molecule has 4 rings (SSSR count). The van der Waals surface area contributed by atoms with Gasteiger partial charge < -0.3 is 4.74 Å². The zero-order valence-electron chi connectivity index (χ0n) is 12.0. The van der Waals surface area contributed by atoms with Crippen LogP contribution in [0.5, 0.6) is 5.75 Å². The first-order chi connectivity index (χ1) is 10.3. The minimum atomic E-state index is 0.260. The summed E-state index contributed by atoms with van der Waals surface area (Å²) in [4.78, 5) is 12.0. The third-order valence-corrected chi connectivity index (χ3v) is 4.67. The van der Waals surface area contributed by atoms with Gasteiger partial charge in [0.05, 0.1) is 6.61 Å². The van der Waals surface area contributed by atoms with Crippen molar-refractivity contribution >= 4 is 5.78 Å². The van der Waals surface area contributed by atoms with E-state index in [2.05, 4.69) is 24.3 Å². The van der Waals surface area contributed by atoms with E-state index in [1.807, 2.05) is 18.2 Å². The summed E-state index contributed by atoms with van der Waals surface area (Å²) in [5, 5.41) is 0. The van der Waals surface area contributed by atoms with E-state index in [1.165, 1.54) is 11.1 Å². The molecule has 2 aromatic carbocycles. The van der Waals surface area contributed by atoms with Gasteiger partial charge in [-0.3, -0.25) is 4.79 Å². The lowest BCUT2D eigenvalue weighted by atomic mass is 9.78. The first-order valence-corrected chi connectivity index (χ1v) is 7.68. The largest absolute Gasteiger partial charge is 0.493 e. The molecule has 1 unspecified atom stereocenters. The molecule has 0 saturated carbocycles. The van der Waals surface area contributed by atoms with Crippen molar-refractivity contribution in [2.75, 3.05) is 6.61 Å². The minimum Gasteiger partial charge on any atom is -0.493 e. The van der Waals surface area contributed by atoms with Crippen LogP contribution in [0.15, 0.2) is 42.5 Å². The number of benzene rings is 2. The quantitative estimate of drug-likeness (QED) is 0.850. The molecule has 106 valence electrons. The highest BCUT2D eigenvalue weighted by atomic mass is 16.5. The summed E-state index contributed by atoms with van der Waals surface area (Å²) in [5.74, 6) is 1.66. The molecular weight excluding hydrogens is 260 g/mol. The lowest BCUT2D eigenvalue weighted by Gasteiger charge is -2.30. The van der Waals surface area contributed by atoms with Crippen LogP contribution in [-0.2, 0) is 12.8 Å². The van der Waals surface area contributed by atoms with Crippen molar-refractivity contribution in [2.24, 2.45) is 0 Å². The van der Waals surface area contributed by atoms with Crippen LogP contribution in [0.25, 0.3) is 0 Å². The van der Waals surface area contributed by atoms with Gasteiger partial charge in [0.15, 0.2) is 5.78 Å². The van der Waals surface area contributed by atoms with E-state index in [0.29, 0.717) is 18.9 Å². The Balaban J connectivity index is 1.52. The van der Waals surface area contributed by atoms with E-state index in [-0.39, 0.29) is 5.78 Å². The molecule has 2 aliphatic carbocycles. The molecule has 2 nitrogen and oxygen atoms in total. The third-order valence-electron chi connectivity index (χ3n) is 4.67. The smallest absolute Gasteiger partial charge is 0.163 e. The summed E-state index contributed by atoms with van der Waals surface area (Å²) < 4.78 is 6.06. The number of rotatable bonds is 3. The molecule has 0 aromatic heterocycles. The van der Waals surface area contributed by atoms with Crippen molar-refractivity contribution in [3.8, 4) is 5.75 Å². The van der Waals surface area contributed by atoms with Crippen LogP contribution >= 0.6 is 0 Å². The SMILES string of the molecule is O=C1CCCc2c(OCC3Cc4ccccc43)cccc21. The molecule has 2 aliphatic rings. The summed E-state index contributed by atoms with van der Waals surface area (Å²) in [6.45, 7) is 0.710. The second kappa shape index (κ2) is 5.03. The maximum absolute atomic E-state index is 12.0. The van der Waals surface area contributed by atoms with Gasteiger partial charge in [0.2, 0.25) is 0 Å². The van der Waals surface area contributed by atoms with Gasteiger partial charge in [0.25, 0.3) is 0 Å². The Bertz CT molecular complexity index is 702. The first-order valence-electron chi connectivity index (χ1n) is 7.68. The zero-order valence-corrected chi connectivity index (χ0v) is 12.0. The number of ether oxygens (including phenoxy) is 1. The highest BCUT2D eigenvalue weighted by Crippen LogP contribution is 2.36. The van der Waals surface area contributed by atoms with Crippen LogP contribution < -0.4 is 4.74 Å². The molecule has 0 amide bonds. The van der Waals surface area contributed by atoms with Gasteiger partial charge in [0, 0.05) is 23.5 Å². The zero-order chi connectivity index (χ0) is 14.2. The number of hydrogen-bond acceptors (Lipinski definition) is 2. The lowest BCUT2D eigenvalue weighted by Crippen LogP contribution is -2.23. The Labute approximate surface area is 124 Å². The van der Waals surface area contributed by atoms with Gasteiger partial charge in [-0.1, -0.05) is 36.4 Å². The maximum Gasteiger partial charge on any atom is 0.163 e. The molecular formula is C19H18O2. The van der Waals surface area contributed by atoms with Crippen molar-refractivity contribution in [1.82, 2.24) is 0 Å². The standard InChI is InChI=1S/C19H18O2/c20-18-9-3-8-17-16(18)7-4-10-19(17)21-12-14-11-13-5-1-2-6-15(13)14/h1-2,4-7,10,14H,3,8-9,11-12H2. The molecule has 0 fully saturated rings. The number of ketones is 1. The second-order valence-corrected chi connectivity index (χ2v) is 5.97. The molecule has 1 atom stereocenters. The second-order valence-electron chi connectivity index (χ2n) is 5.97. The maximum atomic E-state index is 12.0. The lowest BCUT2D eigenvalue weighted by molar-refractivity contribution is 0.0971. The van der Waals surface area contributed by atoms with Gasteiger partial charge in [-0.15, -0.1) is 0 Å². The summed E-state index contributed by atoms with van der Waals surface area (Å²) in [7, 11) is 0. The highest BCUT2D eigenvalue weighted by Gasteiger charge is 2.27. The number of hydrogen-bond donors (Lipinski definition) is 0. The summed E-state index contributed by atoms with van der Waals surface area (Å²) in [6, 6.07) is 14.4. The highest BCUT2D eigenvalue weighted by molar-refractivity contribution is 5.99. The van der Waals surface area contributed by atoms with Gasteiger partial charge in [0.1, 0.15) is 5.75 Å². The Morgan fingerprint density at radius 3 is 2.86 bits per heavy atom. The van der Waals surface area contributed by atoms with E-state index in [0.717, 1.165) is 36.1 Å². The molecule has 2 heteroatoms. The predicted molar refractivity (Wildman–Crippen MR) is 82.1 cm³/mol. The molecule has 0 bridgehead atoms. The normalized spacial score (nSPS) is 19.4. The molecule has 0 aliphatic heterocycles. The van der Waals surface area contributed by atoms with Crippen LogP contribution in [0, 0.1) is 0 Å². The van der Waals surface area contributed by atoms with Crippen LogP contribution in [0.3, 0.4) is 0 Å². The summed E-state index contributed by atoms with van der Waals surface area (Å²) in [5.41, 5.74) is 4.84. The number of carbonyl (C=O) groups excluding carboxylic acids is 1. The molecule has 0 spiro atoms. The van der Waals surface area contributed by atoms with Crippen LogP contribution in [0.4, 0.5) is 0 Å². The Hall–Kier alpha value is -2.09. The van der Waals surface area contributed by atoms with Gasteiger partial charge in [-0.2, -0.15) is 0 Å². The Kier molecular flexibility index (Phi) is 3.03. The average Bonchev–Trinajstić information content (AvgIpc) is 2.49. The molecule has 0 radical (unpaired) electrons. The van der Waals surface area contributed by atoms with Crippen molar-refractivity contribution in [2.45, 2.75) is 31.6 Å². The molecule has 0 heterocycles. The predicted octanol–water partition coefficient (Wildman–Crippen LogP) is 3.92. The van der Waals surface area contributed by atoms with E-state index >= 15 is 0 Å². The summed E-state index contributed by atoms with van der Waals surface area (Å²) in [6.07, 6.45) is 3.67. The van der Waals surface area contributed by atoms with E-state index < -0.39 is 0 Å². The van der Waals surface area contributed by atoms with Crippen LogP contribution in [0.1, 0.15) is 45.8 Å². The third kappa shape index (κ3) is 2.15. The average molecular weight is 278 g/mol. The number of fused-ring (bicyclic) bond motifs is 2. The Morgan fingerprint density at radius 1 is 1.05 bits per heavy atom. The van der Waals surface area contributed by atoms with Gasteiger partial charge in [-0.25, -0.2) is 0 Å². The van der Waals surface area contributed by atoms with Crippen molar-refractivity contribution in [3.05, 3.63) is 64.7 Å². The van der Waals surface area contributed by atoms with Crippen LogP contribution in [0.2, 0.25) is 0 Å². The Morgan fingerprint density at radius 2 is 1.95 bits per heavy atom. The summed E-state index contributed by atoms with van der Waals surface area (Å²) >= 11 is 0. The fourth-order valence-corrected chi connectivity index (χ4v) is 3.48. The van der Waals surface area contributed by atoms with Gasteiger partial charge >= 0.3 is 0 Å². The van der Waals surface area contributed by atoms with E-state index in [9.17, 15) is 4.79 Å². The molecule has 0 saturated heterocycles. The van der Waals surface area contributed by atoms with Crippen molar-refractivity contribution < 1.29 is 9.53 Å². The first kappa shape index (κ1) is 12.6. The molecule has 0 N–H and O–H groups in total. The van der Waals surface area contributed by atoms with Gasteiger partial charge in [-0.05, 0) is 36.5 Å². The molecule has 2 aromatic rings.